The molecule has 2 rings (SSSR count). The van der Waals surface area contributed by atoms with Crippen LogP contribution in [0.15, 0.2) is 40.8 Å². The van der Waals surface area contributed by atoms with Gasteiger partial charge in [0.1, 0.15) is 0 Å². The fraction of sp³-hybridized carbons (Fsp3) is 0.154. The Morgan fingerprint density at radius 1 is 1.25 bits per heavy atom. The lowest BCUT2D eigenvalue weighted by molar-refractivity contribution is -0.384. The normalized spacial score (nSPS) is 10.2. The fourth-order valence-electron chi connectivity index (χ4n) is 1.66. The first-order valence-electron chi connectivity index (χ1n) is 5.86. The lowest BCUT2D eigenvalue weighted by atomic mass is 10.1. The molecule has 1 aromatic heterocycles. The van der Waals surface area contributed by atoms with E-state index < -0.39 is 10.9 Å². The van der Waals surface area contributed by atoms with Gasteiger partial charge in [0.25, 0.3) is 5.69 Å². The van der Waals surface area contributed by atoms with Crippen molar-refractivity contribution >= 4 is 17.5 Å². The van der Waals surface area contributed by atoms with Crippen molar-refractivity contribution in [3.05, 3.63) is 57.8 Å². The van der Waals surface area contributed by atoms with Crippen LogP contribution in [0.2, 0.25) is 0 Å². The molecule has 0 saturated carbocycles. The van der Waals surface area contributed by atoms with Gasteiger partial charge >= 0.3 is 5.97 Å². The van der Waals surface area contributed by atoms with E-state index in [0.29, 0.717) is 18.8 Å². The van der Waals surface area contributed by atoms with Gasteiger partial charge in [0.05, 0.1) is 4.92 Å². The summed E-state index contributed by atoms with van der Waals surface area (Å²) in [6.45, 7) is 0.532. The molecule has 0 aliphatic heterocycles. The van der Waals surface area contributed by atoms with Crippen LogP contribution in [-0.2, 0) is 6.42 Å². The van der Waals surface area contributed by atoms with Crippen molar-refractivity contribution in [2.75, 3.05) is 11.9 Å². The number of aromatic carboxylic acids is 1. The molecular formula is C13H12N2O5. The zero-order valence-corrected chi connectivity index (χ0v) is 10.4. The number of hydrogen-bond donors (Lipinski definition) is 2. The van der Waals surface area contributed by atoms with Crippen LogP contribution in [0.3, 0.4) is 0 Å². The van der Waals surface area contributed by atoms with Crippen molar-refractivity contribution in [2.45, 2.75) is 6.42 Å². The zero-order chi connectivity index (χ0) is 14.5. The molecule has 0 radical (unpaired) electrons. The Morgan fingerprint density at radius 3 is 2.50 bits per heavy atom. The number of nitrogens with zero attached hydrogens (tertiary/aromatic N) is 1. The van der Waals surface area contributed by atoms with Gasteiger partial charge in [-0.05, 0) is 18.1 Å². The van der Waals surface area contributed by atoms with E-state index >= 15 is 0 Å². The number of nitro groups is 1. The van der Waals surface area contributed by atoms with Gasteiger partial charge in [-0.25, -0.2) is 4.79 Å². The van der Waals surface area contributed by atoms with Crippen LogP contribution in [0.1, 0.15) is 16.1 Å². The monoisotopic (exact) mass is 276 g/mol. The summed E-state index contributed by atoms with van der Waals surface area (Å²) in [5, 5.41) is 22.1. The Kier molecular flexibility index (Phi) is 3.99. The molecule has 104 valence electrons. The summed E-state index contributed by atoms with van der Waals surface area (Å²) in [5.41, 5.74) is 0.993. The number of nitro benzene ring substituents is 1. The van der Waals surface area contributed by atoms with Gasteiger partial charge in [-0.1, -0.05) is 12.1 Å². The molecule has 0 aliphatic rings. The Hall–Kier alpha value is -2.83. The number of hydrogen-bond acceptors (Lipinski definition) is 5. The molecule has 1 aromatic carbocycles. The summed E-state index contributed by atoms with van der Waals surface area (Å²) < 4.78 is 5.03. The minimum atomic E-state index is -1.12. The maximum atomic E-state index is 10.6. The molecule has 0 atom stereocenters. The van der Waals surface area contributed by atoms with Gasteiger partial charge in [0, 0.05) is 24.7 Å². The maximum absolute atomic E-state index is 10.6. The van der Waals surface area contributed by atoms with Crippen LogP contribution in [0.5, 0.6) is 0 Å². The third-order valence-electron chi connectivity index (χ3n) is 2.68. The zero-order valence-electron chi connectivity index (χ0n) is 10.4. The number of carboxylic acid groups (broad SMARTS) is 1. The van der Waals surface area contributed by atoms with E-state index in [1.807, 2.05) is 0 Å². The Labute approximate surface area is 114 Å². The second-order valence-corrected chi connectivity index (χ2v) is 4.07. The Bertz CT molecular complexity index is 618. The molecule has 2 N–H and O–H groups in total. The minimum Gasteiger partial charge on any atom is -0.475 e. The molecule has 1 heterocycles. The first kappa shape index (κ1) is 13.6. The smallest absolute Gasteiger partial charge is 0.371 e. The predicted molar refractivity (Wildman–Crippen MR) is 71.0 cm³/mol. The summed E-state index contributed by atoms with van der Waals surface area (Å²) in [7, 11) is 0. The minimum absolute atomic E-state index is 0.0545. The second-order valence-electron chi connectivity index (χ2n) is 4.07. The third kappa shape index (κ3) is 3.35. The summed E-state index contributed by atoms with van der Waals surface area (Å²) in [6.07, 6.45) is 0.640. The van der Waals surface area contributed by atoms with E-state index in [2.05, 4.69) is 5.32 Å². The molecule has 20 heavy (non-hydrogen) atoms. The maximum Gasteiger partial charge on any atom is 0.371 e. The molecule has 0 unspecified atom stereocenters. The molecule has 2 aromatic rings. The highest BCUT2D eigenvalue weighted by molar-refractivity contribution is 5.84. The Morgan fingerprint density at radius 2 is 1.95 bits per heavy atom. The van der Waals surface area contributed by atoms with Gasteiger partial charge in [0.15, 0.2) is 5.88 Å². The highest BCUT2D eigenvalue weighted by atomic mass is 16.6. The highest BCUT2D eigenvalue weighted by Crippen LogP contribution is 2.14. The van der Waals surface area contributed by atoms with E-state index in [9.17, 15) is 14.9 Å². The van der Waals surface area contributed by atoms with Crippen molar-refractivity contribution in [3.8, 4) is 0 Å². The third-order valence-corrected chi connectivity index (χ3v) is 2.68. The summed E-state index contributed by atoms with van der Waals surface area (Å²) in [4.78, 5) is 20.7. The van der Waals surface area contributed by atoms with Crippen LogP contribution in [0.25, 0.3) is 0 Å². The molecule has 0 fully saturated rings. The first-order chi connectivity index (χ1) is 9.56. The molecule has 0 saturated heterocycles. The number of rotatable bonds is 6. The average Bonchev–Trinajstić information content (AvgIpc) is 2.88. The molecule has 0 amide bonds. The number of carboxylic acids is 1. The van der Waals surface area contributed by atoms with Gasteiger partial charge in [0.2, 0.25) is 5.76 Å². The van der Waals surface area contributed by atoms with Crippen molar-refractivity contribution in [1.82, 2.24) is 0 Å². The predicted octanol–water partition coefficient (Wildman–Crippen LogP) is 2.54. The molecular weight excluding hydrogens is 264 g/mol. The molecule has 7 heteroatoms. The van der Waals surface area contributed by atoms with E-state index in [1.54, 1.807) is 18.2 Å². The van der Waals surface area contributed by atoms with Crippen molar-refractivity contribution in [2.24, 2.45) is 0 Å². The van der Waals surface area contributed by atoms with Crippen LogP contribution in [0, 0.1) is 10.1 Å². The van der Waals surface area contributed by atoms with E-state index in [0.717, 1.165) is 5.56 Å². The largest absolute Gasteiger partial charge is 0.475 e. The number of carbonyl (C=O) groups is 1. The van der Waals surface area contributed by atoms with Crippen molar-refractivity contribution in [3.63, 3.8) is 0 Å². The topological polar surface area (TPSA) is 106 Å². The second kappa shape index (κ2) is 5.87. The number of anilines is 1. The van der Waals surface area contributed by atoms with E-state index in [1.165, 1.54) is 18.2 Å². The van der Waals surface area contributed by atoms with Crippen LogP contribution < -0.4 is 5.32 Å². The number of non-ortho nitro benzene ring substituents is 1. The van der Waals surface area contributed by atoms with Crippen LogP contribution in [0.4, 0.5) is 11.6 Å². The number of nitrogens with one attached hydrogen (secondary N) is 1. The van der Waals surface area contributed by atoms with Crippen LogP contribution >= 0.6 is 0 Å². The van der Waals surface area contributed by atoms with E-state index in [4.69, 9.17) is 9.52 Å². The standard InChI is InChI=1S/C13H12N2O5/c16-13(17)11-5-6-12(20-11)14-8-7-9-1-3-10(4-2-9)15(18)19/h1-6,14H,7-8H2,(H,16,17). The van der Waals surface area contributed by atoms with Gasteiger partial charge in [-0.15, -0.1) is 0 Å². The molecule has 7 nitrogen and oxygen atoms in total. The SMILES string of the molecule is O=C(O)c1ccc(NCCc2ccc([N+](=O)[O-])cc2)o1. The highest BCUT2D eigenvalue weighted by Gasteiger charge is 2.08. The van der Waals surface area contributed by atoms with Gasteiger partial charge < -0.3 is 14.8 Å². The summed E-state index contributed by atoms with van der Waals surface area (Å²) >= 11 is 0. The number of benzene rings is 1. The van der Waals surface area contributed by atoms with Crippen LogP contribution in [-0.4, -0.2) is 22.5 Å². The molecule has 0 spiro atoms. The first-order valence-corrected chi connectivity index (χ1v) is 5.86. The molecule has 0 aliphatic carbocycles. The van der Waals surface area contributed by atoms with Gasteiger partial charge in [-0.3, -0.25) is 10.1 Å². The number of furan rings is 1. The van der Waals surface area contributed by atoms with Gasteiger partial charge in [-0.2, -0.15) is 0 Å². The van der Waals surface area contributed by atoms with Crippen molar-refractivity contribution < 1.29 is 19.2 Å². The van der Waals surface area contributed by atoms with E-state index in [-0.39, 0.29) is 11.4 Å². The lowest BCUT2D eigenvalue weighted by Crippen LogP contribution is -2.04. The Balaban J connectivity index is 1.85. The lowest BCUT2D eigenvalue weighted by Gasteiger charge is -2.03. The summed E-state index contributed by atoms with van der Waals surface area (Å²) in [5.74, 6) is -0.861. The van der Waals surface area contributed by atoms with Crippen molar-refractivity contribution in [1.29, 1.82) is 0 Å². The summed E-state index contributed by atoms with van der Waals surface area (Å²) in [6, 6.07) is 9.18. The quantitative estimate of drug-likeness (QED) is 0.620. The fourth-order valence-corrected chi connectivity index (χ4v) is 1.66. The average molecular weight is 276 g/mol. The molecule has 0 bridgehead atoms.